The molecule has 0 atom stereocenters. The van der Waals surface area contributed by atoms with Gasteiger partial charge in [-0.15, -0.1) is 0 Å². The predicted octanol–water partition coefficient (Wildman–Crippen LogP) is 0.947. The maximum absolute atomic E-state index is 10.4. The molecule has 0 aromatic carbocycles. The van der Waals surface area contributed by atoms with Crippen LogP contribution in [-0.2, 0) is 4.79 Å². The fourth-order valence-corrected chi connectivity index (χ4v) is 0.280. The number of hydrogen-bond donors (Lipinski definition) is 2. The van der Waals surface area contributed by atoms with E-state index in [1.54, 1.807) is 0 Å². The number of nitrogens with zero attached hydrogens (tertiary/aromatic N) is 1. The van der Waals surface area contributed by atoms with Crippen LogP contribution in [0.15, 0.2) is 5.16 Å². The first-order valence-electron chi connectivity index (χ1n) is 2.85. The Bertz CT molecular complexity index is 172. The lowest BCUT2D eigenvalue weighted by molar-refractivity contribution is -0.143. The van der Waals surface area contributed by atoms with Crippen LogP contribution >= 0.6 is 0 Å². The molecule has 0 aliphatic heterocycles. The maximum Gasteiger partial charge on any atom is 0.314 e. The van der Waals surface area contributed by atoms with E-state index >= 15 is 0 Å². The molecule has 0 bridgehead atoms. The van der Waals surface area contributed by atoms with Crippen molar-refractivity contribution in [2.24, 2.45) is 10.6 Å². The summed E-state index contributed by atoms with van der Waals surface area (Å²) >= 11 is 0. The highest BCUT2D eigenvalue weighted by Gasteiger charge is 2.30. The summed E-state index contributed by atoms with van der Waals surface area (Å²) in [5.74, 6) is -0.997. The summed E-state index contributed by atoms with van der Waals surface area (Å²) in [5, 5.41) is 19.6. The van der Waals surface area contributed by atoms with Gasteiger partial charge >= 0.3 is 5.97 Å². The third-order valence-electron chi connectivity index (χ3n) is 1.59. The lowest BCUT2D eigenvalue weighted by Gasteiger charge is -2.16. The summed E-state index contributed by atoms with van der Waals surface area (Å²) in [6.07, 6.45) is 0. The topological polar surface area (TPSA) is 69.9 Å². The molecular formula is C6H11NO3. The first-order valence-corrected chi connectivity index (χ1v) is 2.85. The van der Waals surface area contributed by atoms with Crippen LogP contribution in [0.25, 0.3) is 0 Å². The van der Waals surface area contributed by atoms with Crippen LogP contribution < -0.4 is 0 Å². The highest BCUT2D eigenvalue weighted by atomic mass is 16.4. The Morgan fingerprint density at radius 3 is 2.00 bits per heavy atom. The molecule has 4 nitrogen and oxygen atoms in total. The van der Waals surface area contributed by atoms with E-state index in [-0.39, 0.29) is 5.71 Å². The zero-order chi connectivity index (χ0) is 8.36. The molecule has 0 aliphatic rings. The number of hydrogen-bond acceptors (Lipinski definition) is 3. The molecule has 0 aliphatic carbocycles. The average Bonchev–Trinajstić information content (AvgIpc) is 1.86. The Morgan fingerprint density at radius 2 is 1.90 bits per heavy atom. The Morgan fingerprint density at radius 1 is 1.50 bits per heavy atom. The van der Waals surface area contributed by atoms with E-state index in [0.29, 0.717) is 0 Å². The summed E-state index contributed by atoms with van der Waals surface area (Å²) in [7, 11) is 0. The minimum atomic E-state index is -1.07. The van der Waals surface area contributed by atoms with Crippen molar-refractivity contribution in [1.82, 2.24) is 0 Å². The molecular weight excluding hydrogens is 134 g/mol. The lowest BCUT2D eigenvalue weighted by Crippen LogP contribution is -2.31. The summed E-state index contributed by atoms with van der Waals surface area (Å²) in [5.41, 5.74) is -0.880. The summed E-state index contributed by atoms with van der Waals surface area (Å²) < 4.78 is 0. The molecule has 58 valence electrons. The van der Waals surface area contributed by atoms with Gasteiger partial charge in [0, 0.05) is 0 Å². The first-order chi connectivity index (χ1) is 4.42. The SMILES string of the molecule is C/C(=N\O)C(C)(C)C(=O)O. The summed E-state index contributed by atoms with van der Waals surface area (Å²) in [6, 6.07) is 0. The lowest BCUT2D eigenvalue weighted by atomic mass is 9.89. The van der Waals surface area contributed by atoms with Gasteiger partial charge in [0.05, 0.1) is 5.71 Å². The van der Waals surface area contributed by atoms with Gasteiger partial charge < -0.3 is 10.3 Å². The van der Waals surface area contributed by atoms with E-state index in [0.717, 1.165) is 0 Å². The third kappa shape index (κ3) is 1.46. The Labute approximate surface area is 59.2 Å². The molecule has 2 N–H and O–H groups in total. The van der Waals surface area contributed by atoms with Gasteiger partial charge in [-0.05, 0) is 20.8 Å². The van der Waals surface area contributed by atoms with Crippen LogP contribution in [0.2, 0.25) is 0 Å². The minimum absolute atomic E-state index is 0.194. The Balaban J connectivity index is 4.56. The van der Waals surface area contributed by atoms with Crippen LogP contribution in [0.5, 0.6) is 0 Å². The second-order valence-electron chi connectivity index (χ2n) is 2.62. The van der Waals surface area contributed by atoms with Crippen molar-refractivity contribution < 1.29 is 15.1 Å². The van der Waals surface area contributed by atoms with Crippen LogP contribution in [0.3, 0.4) is 0 Å². The minimum Gasteiger partial charge on any atom is -0.481 e. The van der Waals surface area contributed by atoms with Gasteiger partial charge in [-0.3, -0.25) is 4.79 Å². The molecule has 0 amide bonds. The molecule has 0 spiro atoms. The zero-order valence-electron chi connectivity index (χ0n) is 6.25. The van der Waals surface area contributed by atoms with E-state index in [2.05, 4.69) is 5.16 Å². The van der Waals surface area contributed by atoms with Crippen molar-refractivity contribution in [2.75, 3.05) is 0 Å². The standard InChI is InChI=1S/C6H11NO3/c1-4(7-10)6(2,3)5(8)9/h10H,1-3H3,(H,8,9)/b7-4+. The van der Waals surface area contributed by atoms with E-state index < -0.39 is 11.4 Å². The van der Waals surface area contributed by atoms with Gasteiger partial charge in [-0.25, -0.2) is 0 Å². The van der Waals surface area contributed by atoms with E-state index in [1.165, 1.54) is 20.8 Å². The third-order valence-corrected chi connectivity index (χ3v) is 1.59. The molecule has 4 heteroatoms. The predicted molar refractivity (Wildman–Crippen MR) is 36.3 cm³/mol. The molecule has 0 saturated heterocycles. The fourth-order valence-electron chi connectivity index (χ4n) is 0.280. The van der Waals surface area contributed by atoms with E-state index in [1.807, 2.05) is 0 Å². The molecule has 0 rings (SSSR count). The van der Waals surface area contributed by atoms with Gasteiger partial charge in [-0.1, -0.05) is 5.16 Å². The van der Waals surface area contributed by atoms with Gasteiger partial charge in [0.25, 0.3) is 0 Å². The van der Waals surface area contributed by atoms with Crippen molar-refractivity contribution in [3.63, 3.8) is 0 Å². The molecule has 10 heavy (non-hydrogen) atoms. The number of aliphatic carboxylic acids is 1. The Hall–Kier alpha value is -1.06. The number of carboxylic acids is 1. The number of carboxylic acid groups (broad SMARTS) is 1. The fraction of sp³-hybridized carbons (Fsp3) is 0.667. The number of oxime groups is 1. The van der Waals surface area contributed by atoms with Crippen molar-refractivity contribution in [3.8, 4) is 0 Å². The van der Waals surface area contributed by atoms with Crippen molar-refractivity contribution in [3.05, 3.63) is 0 Å². The molecule has 0 aromatic rings. The van der Waals surface area contributed by atoms with Gasteiger partial charge in [-0.2, -0.15) is 0 Å². The maximum atomic E-state index is 10.4. The van der Waals surface area contributed by atoms with Gasteiger partial charge in [0.1, 0.15) is 5.41 Å². The second-order valence-corrected chi connectivity index (χ2v) is 2.62. The molecule has 0 heterocycles. The average molecular weight is 145 g/mol. The van der Waals surface area contributed by atoms with Gasteiger partial charge in [0.2, 0.25) is 0 Å². The van der Waals surface area contributed by atoms with Crippen molar-refractivity contribution >= 4 is 11.7 Å². The molecule has 0 unspecified atom stereocenters. The zero-order valence-corrected chi connectivity index (χ0v) is 6.25. The summed E-state index contributed by atoms with van der Waals surface area (Å²) in [4.78, 5) is 10.4. The molecule has 0 aromatic heterocycles. The first kappa shape index (κ1) is 8.94. The Kier molecular flexibility index (Phi) is 2.40. The quantitative estimate of drug-likeness (QED) is 0.345. The van der Waals surface area contributed by atoms with Crippen LogP contribution in [0, 0.1) is 5.41 Å². The van der Waals surface area contributed by atoms with Crippen molar-refractivity contribution in [1.29, 1.82) is 0 Å². The summed E-state index contributed by atoms with van der Waals surface area (Å²) in [6.45, 7) is 4.42. The molecule has 0 radical (unpaired) electrons. The number of carbonyl (C=O) groups is 1. The van der Waals surface area contributed by atoms with E-state index in [9.17, 15) is 4.79 Å². The monoisotopic (exact) mass is 145 g/mol. The van der Waals surface area contributed by atoms with Crippen LogP contribution in [0.4, 0.5) is 0 Å². The van der Waals surface area contributed by atoms with Gasteiger partial charge in [0.15, 0.2) is 0 Å². The number of rotatable bonds is 2. The highest BCUT2D eigenvalue weighted by Crippen LogP contribution is 2.16. The van der Waals surface area contributed by atoms with Crippen LogP contribution in [-0.4, -0.2) is 22.0 Å². The largest absolute Gasteiger partial charge is 0.481 e. The van der Waals surface area contributed by atoms with E-state index in [4.69, 9.17) is 10.3 Å². The smallest absolute Gasteiger partial charge is 0.314 e. The molecule has 0 saturated carbocycles. The second kappa shape index (κ2) is 2.68. The normalized spacial score (nSPS) is 13.3. The molecule has 0 fully saturated rings. The highest BCUT2D eigenvalue weighted by molar-refractivity contribution is 6.03. The van der Waals surface area contributed by atoms with Crippen molar-refractivity contribution in [2.45, 2.75) is 20.8 Å². The van der Waals surface area contributed by atoms with Crippen LogP contribution in [0.1, 0.15) is 20.8 Å².